The molecule has 0 saturated heterocycles. The highest BCUT2D eigenvalue weighted by Crippen LogP contribution is 2.22. The van der Waals surface area contributed by atoms with Crippen LogP contribution in [-0.4, -0.2) is 32.6 Å². The molecule has 0 atom stereocenters. The minimum absolute atomic E-state index is 0.183. The van der Waals surface area contributed by atoms with Crippen LogP contribution in [0.15, 0.2) is 58.1 Å². The van der Waals surface area contributed by atoms with E-state index in [1.54, 1.807) is 17.6 Å². The molecule has 0 aliphatic rings. The number of benzene rings is 1. The smallest absolute Gasteiger partial charge is 0.250 e. The van der Waals surface area contributed by atoms with Gasteiger partial charge < -0.3 is 4.57 Å². The SMILES string of the molecule is Cn1c(SCC(=O)N/N=C\c2cccs2)nnc1-c1ccccc1. The number of carbonyl (C=O) groups is 1. The van der Waals surface area contributed by atoms with Crippen molar-refractivity contribution in [3.8, 4) is 11.4 Å². The van der Waals surface area contributed by atoms with E-state index in [0.717, 1.165) is 16.3 Å². The van der Waals surface area contributed by atoms with E-state index in [-0.39, 0.29) is 11.7 Å². The average molecular weight is 357 g/mol. The predicted molar refractivity (Wildman–Crippen MR) is 97.2 cm³/mol. The van der Waals surface area contributed by atoms with Crippen molar-refractivity contribution in [3.63, 3.8) is 0 Å². The first kappa shape index (κ1) is 16.4. The van der Waals surface area contributed by atoms with Crippen molar-refractivity contribution in [2.24, 2.45) is 12.1 Å². The summed E-state index contributed by atoms with van der Waals surface area (Å²) in [4.78, 5) is 12.8. The van der Waals surface area contributed by atoms with Crippen molar-refractivity contribution >= 4 is 35.2 Å². The molecule has 2 aromatic heterocycles. The van der Waals surface area contributed by atoms with Gasteiger partial charge in [0.2, 0.25) is 0 Å². The van der Waals surface area contributed by atoms with Gasteiger partial charge in [0, 0.05) is 17.5 Å². The third-order valence-corrected chi connectivity index (χ3v) is 4.95. The van der Waals surface area contributed by atoms with Gasteiger partial charge in [0.05, 0.1) is 12.0 Å². The van der Waals surface area contributed by atoms with E-state index in [9.17, 15) is 4.79 Å². The molecule has 2 heterocycles. The van der Waals surface area contributed by atoms with Gasteiger partial charge >= 0.3 is 0 Å². The first-order valence-corrected chi connectivity index (χ1v) is 9.03. The highest BCUT2D eigenvalue weighted by molar-refractivity contribution is 7.99. The van der Waals surface area contributed by atoms with Crippen LogP contribution >= 0.6 is 23.1 Å². The Labute approximate surface area is 147 Å². The molecule has 1 N–H and O–H groups in total. The summed E-state index contributed by atoms with van der Waals surface area (Å²) in [5.41, 5.74) is 3.50. The van der Waals surface area contributed by atoms with E-state index in [4.69, 9.17) is 0 Å². The molecule has 122 valence electrons. The number of thiophene rings is 1. The maximum atomic E-state index is 11.8. The first-order valence-electron chi connectivity index (χ1n) is 7.17. The van der Waals surface area contributed by atoms with Crippen LogP contribution in [0.4, 0.5) is 0 Å². The number of nitrogens with one attached hydrogen (secondary N) is 1. The van der Waals surface area contributed by atoms with Crippen LogP contribution in [0.3, 0.4) is 0 Å². The predicted octanol–water partition coefficient (Wildman–Crippen LogP) is 2.79. The van der Waals surface area contributed by atoms with Crippen molar-refractivity contribution in [1.82, 2.24) is 20.2 Å². The van der Waals surface area contributed by atoms with Gasteiger partial charge in [-0.15, -0.1) is 21.5 Å². The number of hydrazone groups is 1. The molecule has 3 rings (SSSR count). The minimum Gasteiger partial charge on any atom is -0.305 e. The molecule has 0 aliphatic heterocycles. The number of hydrogen-bond donors (Lipinski definition) is 1. The van der Waals surface area contributed by atoms with Gasteiger partial charge in [-0.3, -0.25) is 4.79 Å². The Balaban J connectivity index is 1.55. The maximum absolute atomic E-state index is 11.8. The standard InChI is InChI=1S/C16H15N5OS2/c1-21-15(12-6-3-2-4-7-12)19-20-16(21)24-11-14(22)18-17-10-13-8-5-9-23-13/h2-10H,11H2,1H3,(H,18,22)/b17-10-. The minimum atomic E-state index is -0.183. The van der Waals surface area contributed by atoms with Gasteiger partial charge in [-0.2, -0.15) is 5.10 Å². The van der Waals surface area contributed by atoms with Gasteiger partial charge in [-0.1, -0.05) is 48.2 Å². The molecular formula is C16H15N5OS2. The zero-order valence-corrected chi connectivity index (χ0v) is 14.5. The fourth-order valence-corrected chi connectivity index (χ4v) is 3.26. The fraction of sp³-hybridized carbons (Fsp3) is 0.125. The van der Waals surface area contributed by atoms with E-state index in [2.05, 4.69) is 20.7 Å². The molecule has 0 bridgehead atoms. The summed E-state index contributed by atoms with van der Waals surface area (Å²) in [5, 5.41) is 14.9. The number of hydrogen-bond acceptors (Lipinski definition) is 6. The van der Waals surface area contributed by atoms with Crippen molar-refractivity contribution in [2.75, 3.05) is 5.75 Å². The number of carbonyl (C=O) groups excluding carboxylic acids is 1. The Kier molecular flexibility index (Phi) is 5.39. The van der Waals surface area contributed by atoms with E-state index in [0.29, 0.717) is 5.16 Å². The largest absolute Gasteiger partial charge is 0.305 e. The average Bonchev–Trinajstić information content (AvgIpc) is 3.24. The second-order valence-corrected chi connectivity index (χ2v) is 6.75. The topological polar surface area (TPSA) is 72.2 Å². The molecule has 0 saturated carbocycles. The number of thioether (sulfide) groups is 1. The summed E-state index contributed by atoms with van der Waals surface area (Å²) in [6.45, 7) is 0. The van der Waals surface area contributed by atoms with E-state index < -0.39 is 0 Å². The number of amides is 1. The lowest BCUT2D eigenvalue weighted by molar-refractivity contribution is -0.118. The molecule has 0 unspecified atom stereocenters. The Morgan fingerprint density at radius 1 is 1.29 bits per heavy atom. The van der Waals surface area contributed by atoms with Crippen LogP contribution in [0.5, 0.6) is 0 Å². The molecule has 1 aromatic carbocycles. The molecule has 0 radical (unpaired) electrons. The van der Waals surface area contributed by atoms with Gasteiger partial charge in [-0.05, 0) is 11.4 Å². The quantitative estimate of drug-likeness (QED) is 0.418. The van der Waals surface area contributed by atoms with Crippen molar-refractivity contribution in [1.29, 1.82) is 0 Å². The number of nitrogens with zero attached hydrogens (tertiary/aromatic N) is 4. The lowest BCUT2D eigenvalue weighted by Gasteiger charge is -2.03. The molecule has 6 nitrogen and oxygen atoms in total. The highest BCUT2D eigenvalue weighted by atomic mass is 32.2. The van der Waals surface area contributed by atoms with E-state index in [1.165, 1.54) is 11.8 Å². The van der Waals surface area contributed by atoms with Crippen LogP contribution in [-0.2, 0) is 11.8 Å². The summed E-state index contributed by atoms with van der Waals surface area (Å²) in [6, 6.07) is 13.7. The van der Waals surface area contributed by atoms with E-state index >= 15 is 0 Å². The van der Waals surface area contributed by atoms with Crippen molar-refractivity contribution in [2.45, 2.75) is 5.16 Å². The summed E-state index contributed by atoms with van der Waals surface area (Å²) in [5.74, 6) is 0.814. The monoisotopic (exact) mass is 357 g/mol. The molecule has 0 aliphatic carbocycles. The first-order chi connectivity index (χ1) is 11.7. The van der Waals surface area contributed by atoms with Crippen LogP contribution in [0, 0.1) is 0 Å². The van der Waals surface area contributed by atoms with Gasteiger partial charge in [0.15, 0.2) is 11.0 Å². The summed E-state index contributed by atoms with van der Waals surface area (Å²) in [7, 11) is 1.89. The lowest BCUT2D eigenvalue weighted by Crippen LogP contribution is -2.19. The summed E-state index contributed by atoms with van der Waals surface area (Å²) in [6.07, 6.45) is 1.63. The Morgan fingerprint density at radius 3 is 2.88 bits per heavy atom. The fourth-order valence-electron chi connectivity index (χ4n) is 1.97. The molecular weight excluding hydrogens is 342 g/mol. The molecule has 1 amide bonds. The Morgan fingerprint density at radius 2 is 2.12 bits per heavy atom. The zero-order chi connectivity index (χ0) is 16.8. The van der Waals surface area contributed by atoms with Crippen LogP contribution in [0.25, 0.3) is 11.4 Å². The van der Waals surface area contributed by atoms with Crippen molar-refractivity contribution < 1.29 is 4.79 Å². The third-order valence-electron chi connectivity index (χ3n) is 3.12. The zero-order valence-electron chi connectivity index (χ0n) is 12.9. The highest BCUT2D eigenvalue weighted by Gasteiger charge is 2.12. The number of rotatable bonds is 6. The molecule has 0 spiro atoms. The molecule has 8 heteroatoms. The lowest BCUT2D eigenvalue weighted by atomic mass is 10.2. The number of aromatic nitrogens is 3. The summed E-state index contributed by atoms with van der Waals surface area (Å²) < 4.78 is 1.88. The second-order valence-electron chi connectivity index (χ2n) is 4.83. The second kappa shape index (κ2) is 7.89. The third kappa shape index (κ3) is 4.09. The summed E-state index contributed by atoms with van der Waals surface area (Å²) >= 11 is 2.88. The van der Waals surface area contributed by atoms with Crippen LogP contribution in [0.1, 0.15) is 4.88 Å². The van der Waals surface area contributed by atoms with Crippen LogP contribution < -0.4 is 5.43 Å². The van der Waals surface area contributed by atoms with Crippen molar-refractivity contribution in [3.05, 3.63) is 52.7 Å². The Hall–Kier alpha value is -2.45. The maximum Gasteiger partial charge on any atom is 0.250 e. The van der Waals surface area contributed by atoms with Crippen LogP contribution in [0.2, 0.25) is 0 Å². The molecule has 3 aromatic rings. The normalized spacial score (nSPS) is 11.0. The van der Waals surface area contributed by atoms with Gasteiger partial charge in [0.1, 0.15) is 0 Å². The van der Waals surface area contributed by atoms with Gasteiger partial charge in [0.25, 0.3) is 5.91 Å². The molecule has 0 fully saturated rings. The van der Waals surface area contributed by atoms with Gasteiger partial charge in [-0.25, -0.2) is 5.43 Å². The Bertz CT molecular complexity index is 828. The molecule has 24 heavy (non-hydrogen) atoms. The van der Waals surface area contributed by atoms with E-state index in [1.807, 2.05) is 59.5 Å².